The van der Waals surface area contributed by atoms with Crippen LogP contribution in [0.1, 0.15) is 24.9 Å². The molecule has 1 aromatic carbocycles. The van der Waals surface area contributed by atoms with Crippen molar-refractivity contribution < 1.29 is 4.79 Å². The van der Waals surface area contributed by atoms with Crippen LogP contribution in [0.5, 0.6) is 0 Å². The number of rotatable bonds is 1. The molecule has 1 aromatic rings. The predicted octanol–water partition coefficient (Wildman–Crippen LogP) is 1.73. The Hall–Kier alpha value is -1.10. The highest BCUT2D eigenvalue weighted by Gasteiger charge is 2.40. The lowest BCUT2D eigenvalue weighted by molar-refractivity contribution is -0.130. The van der Waals surface area contributed by atoms with Gasteiger partial charge < -0.3 is 4.90 Å². The number of nitrogens with zero attached hydrogens (tertiary/aromatic N) is 1. The molecule has 0 bridgehead atoms. The van der Waals surface area contributed by atoms with Crippen LogP contribution >= 0.6 is 11.6 Å². The van der Waals surface area contributed by atoms with Crippen LogP contribution in [0.4, 0.5) is 0 Å². The highest BCUT2D eigenvalue weighted by Crippen LogP contribution is 2.34. The molecular formula is C14H18ClN3O. The van der Waals surface area contributed by atoms with Gasteiger partial charge in [-0.3, -0.25) is 10.2 Å². The Morgan fingerprint density at radius 3 is 3.00 bits per heavy atom. The molecule has 3 atom stereocenters. The molecule has 2 saturated heterocycles. The van der Waals surface area contributed by atoms with E-state index in [2.05, 4.69) is 16.9 Å². The molecule has 4 nitrogen and oxygen atoms in total. The second-order valence-corrected chi connectivity index (χ2v) is 5.78. The van der Waals surface area contributed by atoms with E-state index in [9.17, 15) is 4.79 Å². The lowest BCUT2D eigenvalue weighted by Gasteiger charge is -2.35. The van der Waals surface area contributed by atoms with E-state index in [0.717, 1.165) is 24.5 Å². The molecule has 0 radical (unpaired) electrons. The van der Waals surface area contributed by atoms with Gasteiger partial charge in [0.05, 0.1) is 6.04 Å². The Morgan fingerprint density at radius 2 is 2.26 bits per heavy atom. The molecule has 2 heterocycles. The number of fused-ring (bicyclic) bond motifs is 1. The fourth-order valence-electron chi connectivity index (χ4n) is 3.12. The molecule has 3 unspecified atom stereocenters. The fourth-order valence-corrected chi connectivity index (χ4v) is 3.32. The normalized spacial score (nSPS) is 30.2. The van der Waals surface area contributed by atoms with Crippen LogP contribution in [0.15, 0.2) is 24.3 Å². The van der Waals surface area contributed by atoms with E-state index < -0.39 is 0 Å². The average molecular weight is 280 g/mol. The zero-order valence-electron chi connectivity index (χ0n) is 10.9. The quantitative estimate of drug-likeness (QED) is 0.823. The first kappa shape index (κ1) is 12.9. The van der Waals surface area contributed by atoms with Gasteiger partial charge in [0, 0.05) is 37.0 Å². The Bertz CT molecular complexity index is 493. The lowest BCUT2D eigenvalue weighted by atomic mass is 9.85. The van der Waals surface area contributed by atoms with E-state index in [-0.39, 0.29) is 11.9 Å². The summed E-state index contributed by atoms with van der Waals surface area (Å²) in [6.45, 7) is 3.29. The summed E-state index contributed by atoms with van der Waals surface area (Å²) in [6.07, 6.45) is 0.994. The van der Waals surface area contributed by atoms with Crippen molar-refractivity contribution in [3.05, 3.63) is 34.9 Å². The van der Waals surface area contributed by atoms with Gasteiger partial charge in [-0.2, -0.15) is 0 Å². The van der Waals surface area contributed by atoms with Crippen LogP contribution in [0.3, 0.4) is 0 Å². The molecule has 3 rings (SSSR count). The molecule has 0 spiro atoms. The van der Waals surface area contributed by atoms with Crippen molar-refractivity contribution in [3.8, 4) is 0 Å². The molecule has 2 aliphatic heterocycles. The van der Waals surface area contributed by atoms with Crippen molar-refractivity contribution in [2.75, 3.05) is 13.1 Å². The molecule has 102 valence electrons. The molecule has 5 heteroatoms. The lowest BCUT2D eigenvalue weighted by Crippen LogP contribution is -2.47. The Labute approximate surface area is 118 Å². The summed E-state index contributed by atoms with van der Waals surface area (Å²) in [5, 5.41) is 0.752. The third kappa shape index (κ3) is 2.48. The van der Waals surface area contributed by atoms with E-state index in [1.807, 2.05) is 23.1 Å². The van der Waals surface area contributed by atoms with Crippen LogP contribution in [-0.4, -0.2) is 29.9 Å². The average Bonchev–Trinajstić information content (AvgIpc) is 2.81. The van der Waals surface area contributed by atoms with E-state index in [0.29, 0.717) is 12.0 Å². The SMILES string of the molecule is CC(=O)N1CCC2NNC(c3cccc(Cl)c3)C2C1. The molecule has 0 aliphatic carbocycles. The molecule has 0 saturated carbocycles. The van der Waals surface area contributed by atoms with Gasteiger partial charge in [0.1, 0.15) is 0 Å². The minimum atomic E-state index is 0.162. The molecule has 2 N–H and O–H groups in total. The number of hydrogen-bond donors (Lipinski definition) is 2. The van der Waals surface area contributed by atoms with Crippen molar-refractivity contribution in [2.24, 2.45) is 5.92 Å². The number of amides is 1. The van der Waals surface area contributed by atoms with Crippen LogP contribution in [0.25, 0.3) is 0 Å². The van der Waals surface area contributed by atoms with Crippen LogP contribution in [0.2, 0.25) is 5.02 Å². The monoisotopic (exact) mass is 279 g/mol. The largest absolute Gasteiger partial charge is 0.342 e. The molecule has 19 heavy (non-hydrogen) atoms. The smallest absolute Gasteiger partial charge is 0.219 e. The highest BCUT2D eigenvalue weighted by molar-refractivity contribution is 6.30. The first-order valence-corrected chi connectivity index (χ1v) is 7.05. The van der Waals surface area contributed by atoms with E-state index in [1.165, 1.54) is 5.56 Å². The summed E-state index contributed by atoms with van der Waals surface area (Å²) in [7, 11) is 0. The number of likely N-dealkylation sites (tertiary alicyclic amines) is 1. The number of carbonyl (C=O) groups is 1. The highest BCUT2D eigenvalue weighted by atomic mass is 35.5. The Balaban J connectivity index is 1.82. The van der Waals surface area contributed by atoms with Gasteiger partial charge in [0.25, 0.3) is 0 Å². The van der Waals surface area contributed by atoms with Gasteiger partial charge >= 0.3 is 0 Å². The van der Waals surface area contributed by atoms with Gasteiger partial charge in [0.2, 0.25) is 5.91 Å². The summed E-state index contributed by atoms with van der Waals surface area (Å²) in [5.41, 5.74) is 7.89. The minimum absolute atomic E-state index is 0.162. The van der Waals surface area contributed by atoms with Gasteiger partial charge in [-0.25, -0.2) is 5.43 Å². The molecule has 0 aromatic heterocycles. The summed E-state index contributed by atoms with van der Waals surface area (Å²) < 4.78 is 0. The number of hydrazine groups is 1. The zero-order valence-corrected chi connectivity index (χ0v) is 11.7. The van der Waals surface area contributed by atoms with Crippen molar-refractivity contribution in [1.29, 1.82) is 0 Å². The van der Waals surface area contributed by atoms with Crippen LogP contribution < -0.4 is 10.9 Å². The number of carbonyl (C=O) groups excluding carboxylic acids is 1. The number of nitrogens with one attached hydrogen (secondary N) is 2. The summed E-state index contributed by atoms with van der Waals surface area (Å²) in [5.74, 6) is 0.561. The third-order valence-corrected chi connectivity index (χ3v) is 4.40. The molecule has 2 aliphatic rings. The van der Waals surface area contributed by atoms with Gasteiger partial charge in [-0.1, -0.05) is 23.7 Å². The van der Waals surface area contributed by atoms with Gasteiger partial charge in [0.15, 0.2) is 0 Å². The Morgan fingerprint density at radius 1 is 1.42 bits per heavy atom. The van der Waals surface area contributed by atoms with E-state index >= 15 is 0 Å². The summed E-state index contributed by atoms with van der Waals surface area (Å²) in [6, 6.07) is 8.58. The standard InChI is InChI=1S/C14H18ClN3O/c1-9(19)18-6-5-13-12(8-18)14(17-16-13)10-3-2-4-11(15)7-10/h2-4,7,12-14,16-17H,5-6,8H2,1H3. The second-order valence-electron chi connectivity index (χ2n) is 5.35. The van der Waals surface area contributed by atoms with Crippen molar-refractivity contribution >= 4 is 17.5 Å². The maximum atomic E-state index is 11.5. The van der Waals surface area contributed by atoms with Crippen molar-refractivity contribution in [1.82, 2.24) is 15.8 Å². The molecular weight excluding hydrogens is 262 g/mol. The number of hydrogen-bond acceptors (Lipinski definition) is 3. The molecule has 1 amide bonds. The van der Waals surface area contributed by atoms with Crippen molar-refractivity contribution in [2.45, 2.75) is 25.4 Å². The second kappa shape index (κ2) is 5.12. The minimum Gasteiger partial charge on any atom is -0.342 e. The predicted molar refractivity (Wildman–Crippen MR) is 74.6 cm³/mol. The number of halogens is 1. The Kier molecular flexibility index (Phi) is 3.48. The molecule has 2 fully saturated rings. The van der Waals surface area contributed by atoms with Gasteiger partial charge in [-0.05, 0) is 24.1 Å². The maximum Gasteiger partial charge on any atom is 0.219 e. The van der Waals surface area contributed by atoms with Crippen molar-refractivity contribution in [3.63, 3.8) is 0 Å². The fraction of sp³-hybridized carbons (Fsp3) is 0.500. The third-order valence-electron chi connectivity index (χ3n) is 4.16. The summed E-state index contributed by atoms with van der Waals surface area (Å²) >= 11 is 6.06. The maximum absolute atomic E-state index is 11.5. The van der Waals surface area contributed by atoms with Crippen LogP contribution in [-0.2, 0) is 4.79 Å². The first-order valence-electron chi connectivity index (χ1n) is 6.67. The van der Waals surface area contributed by atoms with Crippen LogP contribution in [0, 0.1) is 5.92 Å². The van der Waals surface area contributed by atoms with E-state index in [1.54, 1.807) is 6.92 Å². The number of piperidine rings is 1. The topological polar surface area (TPSA) is 44.4 Å². The summed E-state index contributed by atoms with van der Waals surface area (Å²) in [4.78, 5) is 13.5. The number of benzene rings is 1. The van der Waals surface area contributed by atoms with Gasteiger partial charge in [-0.15, -0.1) is 0 Å². The zero-order chi connectivity index (χ0) is 13.4. The van der Waals surface area contributed by atoms with E-state index in [4.69, 9.17) is 11.6 Å². The first-order chi connectivity index (χ1) is 9.15.